The van der Waals surface area contributed by atoms with Crippen LogP contribution in [0.1, 0.15) is 0 Å². The molecule has 56 heavy (non-hydrogen) atoms. The van der Waals surface area contributed by atoms with Gasteiger partial charge < -0.3 is 9.32 Å². The van der Waals surface area contributed by atoms with Gasteiger partial charge in [0.05, 0.1) is 11.7 Å². The molecular weight excluding hydrogens is 685 g/mol. The topological polar surface area (TPSA) is 55.1 Å². The molecule has 0 aliphatic rings. The first-order chi connectivity index (χ1) is 27.7. The minimum Gasteiger partial charge on any atom is -0.436 e. The number of hydrogen-bond acceptors (Lipinski definition) is 5. The molecule has 0 fully saturated rings. The molecule has 0 saturated carbocycles. The average molecular weight is 717 g/mol. The highest BCUT2D eigenvalue weighted by Crippen LogP contribution is 2.40. The zero-order valence-electron chi connectivity index (χ0n) is 30.2. The van der Waals surface area contributed by atoms with Crippen LogP contribution in [-0.2, 0) is 0 Å². The summed E-state index contributed by atoms with van der Waals surface area (Å²) < 4.78 is 6.11. The molecule has 2 heterocycles. The van der Waals surface area contributed by atoms with Crippen molar-refractivity contribution in [3.8, 4) is 33.7 Å². The molecule has 2 aromatic heterocycles. The summed E-state index contributed by atoms with van der Waals surface area (Å²) in [5.41, 5.74) is 11.1. The summed E-state index contributed by atoms with van der Waals surface area (Å²) in [6.45, 7) is 0. The third kappa shape index (κ3) is 5.53. The monoisotopic (exact) mass is 716 g/mol. The normalized spacial score (nSPS) is 11.6. The van der Waals surface area contributed by atoms with Crippen molar-refractivity contribution in [1.29, 1.82) is 0 Å². The maximum absolute atomic E-state index is 6.11. The molecule has 9 aromatic carbocycles. The molecule has 11 rings (SSSR count). The first-order valence-corrected chi connectivity index (χ1v) is 18.7. The van der Waals surface area contributed by atoms with Gasteiger partial charge in [0.1, 0.15) is 5.52 Å². The van der Waals surface area contributed by atoms with Crippen LogP contribution in [0.5, 0.6) is 0 Å². The lowest BCUT2D eigenvalue weighted by Gasteiger charge is -2.26. The summed E-state index contributed by atoms with van der Waals surface area (Å²) in [5, 5.41) is 17.1. The quantitative estimate of drug-likeness (QED) is 0.160. The summed E-state index contributed by atoms with van der Waals surface area (Å²) in [4.78, 5) is 7.04. The van der Waals surface area contributed by atoms with Gasteiger partial charge in [0.15, 0.2) is 5.58 Å². The second kappa shape index (κ2) is 13.0. The minimum atomic E-state index is 0.605. The van der Waals surface area contributed by atoms with Crippen LogP contribution in [0.2, 0.25) is 0 Å². The second-order valence-corrected chi connectivity index (χ2v) is 14.2. The summed E-state index contributed by atoms with van der Waals surface area (Å²) >= 11 is 0. The molecule has 5 nitrogen and oxygen atoms in total. The van der Waals surface area contributed by atoms with Crippen molar-refractivity contribution in [2.45, 2.75) is 0 Å². The third-order valence-corrected chi connectivity index (χ3v) is 10.8. The number of para-hydroxylation sites is 2. The predicted molar refractivity (Wildman–Crippen MR) is 231 cm³/mol. The predicted octanol–water partition coefficient (Wildman–Crippen LogP) is 13.7. The van der Waals surface area contributed by atoms with E-state index in [1.165, 1.54) is 43.4 Å². The molecule has 11 aromatic rings. The minimum absolute atomic E-state index is 0.605. The SMILES string of the molecule is c1ccc2cc(-c3ccc4c(ccc5cc(N(c6ccc(-c7nc8ccccc8o7)cc6)c6ccc(-c7cnnc8ccccc78)cc6)ccc54)c3)ccc2c1. The van der Waals surface area contributed by atoms with Crippen LogP contribution in [0.4, 0.5) is 17.1 Å². The number of anilines is 3. The Morgan fingerprint density at radius 1 is 0.393 bits per heavy atom. The summed E-state index contributed by atoms with van der Waals surface area (Å²) in [6, 6.07) is 66.4. The Balaban J connectivity index is 0.993. The van der Waals surface area contributed by atoms with Crippen molar-refractivity contribution in [1.82, 2.24) is 15.2 Å². The standard InChI is InChI=1S/C51H32N4O/c1-2-8-36-29-37(14-13-33(36)7-1)38-21-27-44-39(30-38)15-16-40-31-43(26-28-45(40)44)55(42-24-19-35(20-25-42)51-53-49-11-5-6-12-50(49)56-51)41-22-17-34(18-23-41)47-32-52-54-48-10-4-3-9-46(47)48/h1-32H. The van der Waals surface area contributed by atoms with Crippen LogP contribution in [0.15, 0.2) is 199 Å². The second-order valence-electron chi connectivity index (χ2n) is 14.2. The fourth-order valence-corrected chi connectivity index (χ4v) is 7.97. The molecule has 0 N–H and O–H groups in total. The zero-order chi connectivity index (χ0) is 37.0. The lowest BCUT2D eigenvalue weighted by molar-refractivity contribution is 0.620. The first-order valence-electron chi connectivity index (χ1n) is 18.7. The number of nitrogens with zero attached hydrogens (tertiary/aromatic N) is 4. The Kier molecular flexibility index (Phi) is 7.42. The number of benzene rings is 9. The number of fused-ring (bicyclic) bond motifs is 6. The molecule has 0 atom stereocenters. The maximum Gasteiger partial charge on any atom is 0.227 e. The van der Waals surface area contributed by atoms with Crippen LogP contribution < -0.4 is 4.90 Å². The maximum atomic E-state index is 6.11. The van der Waals surface area contributed by atoms with E-state index in [4.69, 9.17) is 9.40 Å². The zero-order valence-corrected chi connectivity index (χ0v) is 30.2. The van der Waals surface area contributed by atoms with E-state index in [1.54, 1.807) is 0 Å². The van der Waals surface area contributed by atoms with Gasteiger partial charge in [-0.15, -0.1) is 0 Å². The van der Waals surface area contributed by atoms with Gasteiger partial charge >= 0.3 is 0 Å². The molecule has 5 heteroatoms. The average Bonchev–Trinajstić information content (AvgIpc) is 3.71. The van der Waals surface area contributed by atoms with Crippen molar-refractivity contribution >= 4 is 71.4 Å². The highest BCUT2D eigenvalue weighted by atomic mass is 16.3. The molecular formula is C51H32N4O. The molecule has 0 spiro atoms. The molecule has 0 radical (unpaired) electrons. The molecule has 262 valence electrons. The number of oxazole rings is 1. The first kappa shape index (κ1) is 31.9. The Hall–Kier alpha value is -7.63. The Morgan fingerprint density at radius 3 is 1.75 bits per heavy atom. The van der Waals surface area contributed by atoms with E-state index in [0.717, 1.165) is 55.8 Å². The lowest BCUT2D eigenvalue weighted by atomic mass is 9.96. The van der Waals surface area contributed by atoms with Crippen LogP contribution >= 0.6 is 0 Å². The van der Waals surface area contributed by atoms with Gasteiger partial charge in [0, 0.05) is 33.6 Å². The van der Waals surface area contributed by atoms with Crippen molar-refractivity contribution in [3.05, 3.63) is 194 Å². The Morgan fingerprint density at radius 2 is 0.964 bits per heavy atom. The van der Waals surface area contributed by atoms with Crippen LogP contribution in [0.3, 0.4) is 0 Å². The van der Waals surface area contributed by atoms with Crippen molar-refractivity contribution in [3.63, 3.8) is 0 Å². The van der Waals surface area contributed by atoms with Gasteiger partial charge in [-0.3, -0.25) is 0 Å². The summed E-state index contributed by atoms with van der Waals surface area (Å²) in [6.07, 6.45) is 1.85. The van der Waals surface area contributed by atoms with Crippen LogP contribution in [0, 0.1) is 0 Å². The van der Waals surface area contributed by atoms with Crippen LogP contribution in [-0.4, -0.2) is 15.2 Å². The van der Waals surface area contributed by atoms with Gasteiger partial charge in [-0.2, -0.15) is 10.2 Å². The molecule has 0 amide bonds. The Labute approximate surface area is 322 Å². The number of hydrogen-bond donors (Lipinski definition) is 0. The summed E-state index contributed by atoms with van der Waals surface area (Å²) in [7, 11) is 0. The Bertz CT molecular complexity index is 3220. The lowest BCUT2D eigenvalue weighted by Crippen LogP contribution is -2.10. The highest BCUT2D eigenvalue weighted by Gasteiger charge is 2.17. The van der Waals surface area contributed by atoms with Crippen molar-refractivity contribution < 1.29 is 4.42 Å². The molecule has 0 aliphatic heterocycles. The van der Waals surface area contributed by atoms with E-state index in [0.29, 0.717) is 5.89 Å². The van der Waals surface area contributed by atoms with Crippen molar-refractivity contribution in [2.75, 3.05) is 4.90 Å². The molecule has 0 saturated heterocycles. The van der Waals surface area contributed by atoms with E-state index >= 15 is 0 Å². The van der Waals surface area contributed by atoms with Crippen LogP contribution in [0.25, 0.3) is 88.0 Å². The fourth-order valence-electron chi connectivity index (χ4n) is 7.97. The van der Waals surface area contributed by atoms with Gasteiger partial charge in [0.25, 0.3) is 0 Å². The largest absolute Gasteiger partial charge is 0.436 e. The molecule has 0 bridgehead atoms. The third-order valence-electron chi connectivity index (χ3n) is 10.8. The summed E-state index contributed by atoms with van der Waals surface area (Å²) in [5.74, 6) is 0.605. The van der Waals surface area contributed by atoms with E-state index in [9.17, 15) is 0 Å². The van der Waals surface area contributed by atoms with E-state index in [2.05, 4.69) is 161 Å². The van der Waals surface area contributed by atoms with Gasteiger partial charge in [-0.05, 0) is 128 Å². The number of rotatable bonds is 6. The highest BCUT2D eigenvalue weighted by molar-refractivity contribution is 6.09. The van der Waals surface area contributed by atoms with E-state index in [1.807, 2.05) is 48.7 Å². The smallest absolute Gasteiger partial charge is 0.227 e. The van der Waals surface area contributed by atoms with Gasteiger partial charge in [0.2, 0.25) is 5.89 Å². The molecule has 0 aliphatic carbocycles. The van der Waals surface area contributed by atoms with Gasteiger partial charge in [-0.25, -0.2) is 4.98 Å². The van der Waals surface area contributed by atoms with Gasteiger partial charge in [-0.1, -0.05) is 109 Å². The van der Waals surface area contributed by atoms with Crippen molar-refractivity contribution in [2.24, 2.45) is 0 Å². The molecule has 0 unspecified atom stereocenters. The fraction of sp³-hybridized carbons (Fsp3) is 0. The van der Waals surface area contributed by atoms with E-state index in [-0.39, 0.29) is 0 Å². The number of aromatic nitrogens is 3. The van der Waals surface area contributed by atoms with E-state index < -0.39 is 0 Å².